The van der Waals surface area contributed by atoms with Crippen molar-refractivity contribution < 1.29 is 9.53 Å². The van der Waals surface area contributed by atoms with Crippen LogP contribution >= 0.6 is 23.4 Å². The van der Waals surface area contributed by atoms with Crippen LogP contribution in [0.5, 0.6) is 5.75 Å². The minimum Gasteiger partial charge on any atom is -0.481 e. The monoisotopic (exact) mass is 444 g/mol. The molecule has 0 aliphatic rings. The van der Waals surface area contributed by atoms with E-state index in [0.717, 1.165) is 22.4 Å². The number of aryl methyl sites for hydroxylation is 3. The lowest BCUT2D eigenvalue weighted by Gasteiger charge is -2.15. The number of amides is 1. The van der Waals surface area contributed by atoms with Gasteiger partial charge in [-0.15, -0.1) is 10.2 Å². The maximum atomic E-state index is 12.4. The first-order chi connectivity index (χ1) is 14.3. The Kier molecular flexibility index (Phi) is 7.05. The van der Waals surface area contributed by atoms with Crippen molar-refractivity contribution in [3.63, 3.8) is 0 Å². The van der Waals surface area contributed by atoms with E-state index in [-0.39, 0.29) is 17.8 Å². The summed E-state index contributed by atoms with van der Waals surface area (Å²) in [4.78, 5) is 12.4. The smallest absolute Gasteiger partial charge is 0.234 e. The maximum Gasteiger partial charge on any atom is 0.234 e. The van der Waals surface area contributed by atoms with Gasteiger partial charge in [-0.3, -0.25) is 4.79 Å². The third-order valence-electron chi connectivity index (χ3n) is 4.70. The van der Waals surface area contributed by atoms with Crippen LogP contribution in [0.4, 0.5) is 5.69 Å². The fourth-order valence-electron chi connectivity index (χ4n) is 3.07. The number of hydrogen-bond donors (Lipinski definition) is 1. The van der Waals surface area contributed by atoms with Gasteiger partial charge in [-0.2, -0.15) is 0 Å². The maximum absolute atomic E-state index is 12.4. The molecule has 30 heavy (non-hydrogen) atoms. The van der Waals surface area contributed by atoms with Gasteiger partial charge in [0.15, 0.2) is 17.1 Å². The third-order valence-corrected chi connectivity index (χ3v) is 6.03. The highest BCUT2D eigenvalue weighted by Gasteiger charge is 2.19. The molecule has 1 N–H and O–H groups in total. The molecule has 8 heteroatoms. The Morgan fingerprint density at radius 2 is 1.90 bits per heavy atom. The molecule has 3 rings (SSSR count). The van der Waals surface area contributed by atoms with Gasteiger partial charge in [-0.25, -0.2) is 0 Å². The molecule has 0 aliphatic carbocycles. The molecular formula is C22H25ClN4O2S. The first-order valence-corrected chi connectivity index (χ1v) is 10.9. The van der Waals surface area contributed by atoms with E-state index in [1.54, 1.807) is 0 Å². The molecule has 158 valence electrons. The van der Waals surface area contributed by atoms with Gasteiger partial charge in [0.2, 0.25) is 5.91 Å². The van der Waals surface area contributed by atoms with Crippen molar-refractivity contribution in [2.45, 2.75) is 39.0 Å². The van der Waals surface area contributed by atoms with Gasteiger partial charge in [0.05, 0.1) is 10.8 Å². The standard InChI is InChI=1S/C22H25ClN4O2S/c1-13-9-10-17(23)18(11-13)29-16(4)21-25-26-22(27(21)5)30-12-19(28)24-20-14(2)7-6-8-15(20)3/h6-11,16H,12H2,1-5H3,(H,24,28). The summed E-state index contributed by atoms with van der Waals surface area (Å²) >= 11 is 7.56. The van der Waals surface area contributed by atoms with E-state index in [9.17, 15) is 4.79 Å². The Morgan fingerprint density at radius 3 is 2.60 bits per heavy atom. The zero-order chi connectivity index (χ0) is 21.8. The average Bonchev–Trinajstić information content (AvgIpc) is 3.06. The van der Waals surface area contributed by atoms with Gasteiger partial charge in [0, 0.05) is 12.7 Å². The minimum atomic E-state index is -0.348. The summed E-state index contributed by atoms with van der Waals surface area (Å²) in [5.74, 6) is 1.41. The largest absolute Gasteiger partial charge is 0.481 e. The molecule has 0 radical (unpaired) electrons. The summed E-state index contributed by atoms with van der Waals surface area (Å²) in [7, 11) is 1.86. The van der Waals surface area contributed by atoms with E-state index in [2.05, 4.69) is 15.5 Å². The number of benzene rings is 2. The van der Waals surface area contributed by atoms with E-state index >= 15 is 0 Å². The number of hydrogen-bond acceptors (Lipinski definition) is 5. The number of para-hydroxylation sites is 1. The van der Waals surface area contributed by atoms with Crippen LogP contribution in [0.3, 0.4) is 0 Å². The molecule has 0 bridgehead atoms. The van der Waals surface area contributed by atoms with Gasteiger partial charge >= 0.3 is 0 Å². The highest BCUT2D eigenvalue weighted by molar-refractivity contribution is 7.99. The first kappa shape index (κ1) is 22.2. The number of nitrogens with one attached hydrogen (secondary N) is 1. The minimum absolute atomic E-state index is 0.0854. The van der Waals surface area contributed by atoms with Crippen molar-refractivity contribution >= 4 is 35.0 Å². The molecule has 1 heterocycles. The highest BCUT2D eigenvalue weighted by atomic mass is 35.5. The van der Waals surface area contributed by atoms with Crippen molar-refractivity contribution in [2.24, 2.45) is 7.05 Å². The van der Waals surface area contributed by atoms with Crippen molar-refractivity contribution in [1.82, 2.24) is 14.8 Å². The van der Waals surface area contributed by atoms with Crippen LogP contribution in [0, 0.1) is 20.8 Å². The predicted molar refractivity (Wildman–Crippen MR) is 122 cm³/mol. The lowest BCUT2D eigenvalue weighted by Crippen LogP contribution is -2.16. The van der Waals surface area contributed by atoms with Crippen molar-refractivity contribution in [3.8, 4) is 5.75 Å². The number of thioether (sulfide) groups is 1. The average molecular weight is 445 g/mol. The molecule has 1 aromatic heterocycles. The van der Waals surface area contributed by atoms with Gasteiger partial charge in [-0.1, -0.05) is 47.6 Å². The number of halogens is 1. The number of carbonyl (C=O) groups excluding carboxylic acids is 1. The summed E-state index contributed by atoms with van der Waals surface area (Å²) in [5, 5.41) is 12.6. The lowest BCUT2D eigenvalue weighted by molar-refractivity contribution is -0.113. The third kappa shape index (κ3) is 5.15. The lowest BCUT2D eigenvalue weighted by atomic mass is 10.1. The van der Waals surface area contributed by atoms with Crippen LogP contribution in [0.1, 0.15) is 35.5 Å². The summed E-state index contributed by atoms with van der Waals surface area (Å²) in [6.07, 6.45) is -0.348. The van der Waals surface area contributed by atoms with Crippen LogP contribution in [0.25, 0.3) is 0 Å². The molecule has 3 aromatic rings. The molecule has 0 spiro atoms. The Morgan fingerprint density at radius 1 is 1.20 bits per heavy atom. The second-order valence-electron chi connectivity index (χ2n) is 7.20. The first-order valence-electron chi connectivity index (χ1n) is 9.57. The SMILES string of the molecule is Cc1ccc(Cl)c(OC(C)c2nnc(SCC(=O)Nc3c(C)cccc3C)n2C)c1. The Balaban J connectivity index is 1.63. The van der Waals surface area contributed by atoms with Crippen LogP contribution in [0.2, 0.25) is 5.02 Å². The fraction of sp³-hybridized carbons (Fsp3) is 0.318. The molecule has 6 nitrogen and oxygen atoms in total. The molecule has 0 saturated heterocycles. The van der Waals surface area contributed by atoms with Gasteiger partial charge in [-0.05, 0) is 56.5 Å². The van der Waals surface area contributed by atoms with E-state index in [0.29, 0.717) is 21.8 Å². The Bertz CT molecular complexity index is 1050. The van der Waals surface area contributed by atoms with E-state index < -0.39 is 0 Å². The molecule has 1 unspecified atom stereocenters. The molecule has 1 atom stereocenters. The van der Waals surface area contributed by atoms with Crippen LogP contribution in [0.15, 0.2) is 41.6 Å². The zero-order valence-corrected chi connectivity index (χ0v) is 19.3. The molecule has 2 aromatic carbocycles. The normalized spacial score (nSPS) is 11.9. The van der Waals surface area contributed by atoms with Gasteiger partial charge in [0.1, 0.15) is 5.75 Å². The quantitative estimate of drug-likeness (QED) is 0.503. The Labute approximate surface area is 186 Å². The van der Waals surface area contributed by atoms with Crippen molar-refractivity contribution in [2.75, 3.05) is 11.1 Å². The number of ether oxygens (including phenoxy) is 1. The molecular weight excluding hydrogens is 420 g/mol. The van der Waals surface area contributed by atoms with Gasteiger partial charge in [0.25, 0.3) is 0 Å². The number of anilines is 1. The van der Waals surface area contributed by atoms with Crippen LogP contribution < -0.4 is 10.1 Å². The summed E-state index contributed by atoms with van der Waals surface area (Å²) in [5.41, 5.74) is 4.00. The predicted octanol–water partition coefficient (Wildman–Crippen LogP) is 5.26. The molecule has 0 saturated carbocycles. The number of aromatic nitrogens is 3. The highest BCUT2D eigenvalue weighted by Crippen LogP contribution is 2.30. The number of nitrogens with zero attached hydrogens (tertiary/aromatic N) is 3. The summed E-state index contributed by atoms with van der Waals surface area (Å²) < 4.78 is 7.83. The van der Waals surface area contributed by atoms with E-state index in [4.69, 9.17) is 16.3 Å². The second kappa shape index (κ2) is 9.53. The number of carbonyl (C=O) groups is 1. The molecule has 1 amide bonds. The topological polar surface area (TPSA) is 69.0 Å². The van der Waals surface area contributed by atoms with E-state index in [1.807, 2.05) is 75.7 Å². The summed E-state index contributed by atoms with van der Waals surface area (Å²) in [6.45, 7) is 7.83. The fourth-order valence-corrected chi connectivity index (χ4v) is 3.95. The second-order valence-corrected chi connectivity index (χ2v) is 8.55. The van der Waals surface area contributed by atoms with Crippen LogP contribution in [-0.2, 0) is 11.8 Å². The Hall–Kier alpha value is -2.51. The molecule has 0 aliphatic heterocycles. The van der Waals surface area contributed by atoms with Crippen LogP contribution in [-0.4, -0.2) is 26.4 Å². The number of rotatable bonds is 7. The van der Waals surface area contributed by atoms with Gasteiger partial charge < -0.3 is 14.6 Å². The summed E-state index contributed by atoms with van der Waals surface area (Å²) in [6, 6.07) is 11.6. The van der Waals surface area contributed by atoms with E-state index in [1.165, 1.54) is 11.8 Å². The zero-order valence-electron chi connectivity index (χ0n) is 17.7. The van der Waals surface area contributed by atoms with Crippen molar-refractivity contribution in [1.29, 1.82) is 0 Å². The molecule has 0 fully saturated rings. The van der Waals surface area contributed by atoms with Crippen molar-refractivity contribution in [3.05, 3.63) is 63.9 Å².